The number of hydrogen-bond donors (Lipinski definition) is 1. The Morgan fingerprint density at radius 3 is 1.96 bits per heavy atom. The van der Waals surface area contributed by atoms with Crippen LogP contribution >= 0.6 is 0 Å². The molecule has 0 saturated carbocycles. The van der Waals surface area contributed by atoms with E-state index in [4.69, 9.17) is 0 Å². The zero-order chi connectivity index (χ0) is 17.9. The van der Waals surface area contributed by atoms with Crippen molar-refractivity contribution in [3.8, 4) is 0 Å². The zero-order valence-corrected chi connectivity index (χ0v) is 13.7. The van der Waals surface area contributed by atoms with Crippen LogP contribution in [0.4, 0.5) is 8.78 Å². The maximum atomic E-state index is 14.8. The first-order valence-corrected chi connectivity index (χ1v) is 7.89. The zero-order valence-electron chi connectivity index (χ0n) is 13.7. The topological polar surface area (TPSA) is 29.1 Å². The number of halogens is 2. The van der Waals surface area contributed by atoms with Gasteiger partial charge >= 0.3 is 0 Å². The molecule has 1 amide bonds. The Morgan fingerprint density at radius 2 is 1.36 bits per heavy atom. The van der Waals surface area contributed by atoms with Gasteiger partial charge in [-0.3, -0.25) is 4.79 Å². The molecule has 0 bridgehead atoms. The number of amides is 1. The summed E-state index contributed by atoms with van der Waals surface area (Å²) < 4.78 is 28.2. The van der Waals surface area contributed by atoms with Gasteiger partial charge in [-0.15, -0.1) is 0 Å². The van der Waals surface area contributed by atoms with E-state index in [-0.39, 0.29) is 5.56 Å². The molecule has 3 aromatic rings. The van der Waals surface area contributed by atoms with Crippen molar-refractivity contribution in [3.63, 3.8) is 0 Å². The Hall–Kier alpha value is -3.01. The highest BCUT2D eigenvalue weighted by molar-refractivity contribution is 5.96. The maximum Gasteiger partial charge on any atom is 0.239 e. The number of rotatable bonds is 4. The molecule has 25 heavy (non-hydrogen) atoms. The van der Waals surface area contributed by atoms with Gasteiger partial charge < -0.3 is 5.32 Å². The van der Waals surface area contributed by atoms with Crippen molar-refractivity contribution in [1.82, 2.24) is 5.32 Å². The molecule has 4 heteroatoms. The second-order valence-corrected chi connectivity index (χ2v) is 5.68. The van der Waals surface area contributed by atoms with E-state index in [0.29, 0.717) is 11.1 Å². The van der Waals surface area contributed by atoms with Gasteiger partial charge in [0.1, 0.15) is 17.0 Å². The summed E-state index contributed by atoms with van der Waals surface area (Å²) in [5.41, 5.74) is -0.113. The molecular formula is C21H17F2NO. The number of benzene rings is 3. The maximum absolute atomic E-state index is 14.8. The van der Waals surface area contributed by atoms with Gasteiger partial charge in [0.25, 0.3) is 0 Å². The Balaban J connectivity index is 2.42. The smallest absolute Gasteiger partial charge is 0.239 e. The lowest BCUT2D eigenvalue weighted by Crippen LogP contribution is -2.45. The third-order valence-electron chi connectivity index (χ3n) is 4.33. The van der Waals surface area contributed by atoms with Gasteiger partial charge in [0.2, 0.25) is 5.91 Å². The second kappa shape index (κ2) is 6.85. The normalized spacial score (nSPS) is 13.1. The molecule has 0 radical (unpaired) electrons. The quantitative estimate of drug-likeness (QED) is 0.715. The van der Waals surface area contributed by atoms with E-state index in [1.54, 1.807) is 42.5 Å². The van der Waals surface area contributed by atoms with E-state index in [1.807, 2.05) is 6.07 Å². The minimum atomic E-state index is -1.42. The lowest BCUT2D eigenvalue weighted by molar-refractivity contribution is -0.123. The van der Waals surface area contributed by atoms with Crippen molar-refractivity contribution < 1.29 is 13.6 Å². The average Bonchev–Trinajstić information content (AvgIpc) is 2.65. The fraction of sp³-hybridized carbons (Fsp3) is 0.0952. The van der Waals surface area contributed by atoms with Crippen LogP contribution in [0.15, 0.2) is 78.9 Å². The second-order valence-electron chi connectivity index (χ2n) is 5.68. The van der Waals surface area contributed by atoms with E-state index in [9.17, 15) is 13.6 Å². The van der Waals surface area contributed by atoms with Crippen LogP contribution < -0.4 is 5.32 Å². The molecule has 1 N–H and O–H groups in total. The largest absolute Gasteiger partial charge is 0.358 e. The summed E-state index contributed by atoms with van der Waals surface area (Å²) in [6.45, 7) is 0. The molecule has 0 spiro atoms. The van der Waals surface area contributed by atoms with E-state index < -0.39 is 23.0 Å². The predicted octanol–water partition coefficient (Wildman–Crippen LogP) is 4.05. The molecule has 2 nitrogen and oxygen atoms in total. The SMILES string of the molecule is CNC(=O)C(c1ccccc1)(c1ccc(F)cc1)c1ccccc1F. The first-order valence-electron chi connectivity index (χ1n) is 7.89. The van der Waals surface area contributed by atoms with Crippen LogP contribution in [0.2, 0.25) is 0 Å². The summed E-state index contributed by atoms with van der Waals surface area (Å²) in [4.78, 5) is 13.1. The molecule has 0 aliphatic carbocycles. The Kier molecular flexibility index (Phi) is 4.61. The van der Waals surface area contributed by atoms with Gasteiger partial charge in [-0.25, -0.2) is 8.78 Å². The van der Waals surface area contributed by atoms with Crippen LogP contribution in [0.25, 0.3) is 0 Å². The molecular weight excluding hydrogens is 320 g/mol. The Labute approximate surface area is 145 Å². The summed E-state index contributed by atoms with van der Waals surface area (Å²) in [5.74, 6) is -1.31. The summed E-state index contributed by atoms with van der Waals surface area (Å²) in [6, 6.07) is 20.7. The lowest BCUT2D eigenvalue weighted by atomic mass is 9.68. The number of likely N-dealkylation sites (N-methyl/N-ethyl adjacent to an activating group) is 1. The highest BCUT2D eigenvalue weighted by Crippen LogP contribution is 2.40. The van der Waals surface area contributed by atoms with E-state index >= 15 is 0 Å². The molecule has 126 valence electrons. The van der Waals surface area contributed by atoms with E-state index in [0.717, 1.165) is 0 Å². The minimum absolute atomic E-state index is 0.215. The number of carbonyl (C=O) groups is 1. The lowest BCUT2D eigenvalue weighted by Gasteiger charge is -2.34. The van der Waals surface area contributed by atoms with Crippen LogP contribution in [0, 0.1) is 11.6 Å². The van der Waals surface area contributed by atoms with Gasteiger partial charge in [0.05, 0.1) is 0 Å². The molecule has 0 aliphatic rings. The highest BCUT2D eigenvalue weighted by atomic mass is 19.1. The van der Waals surface area contributed by atoms with Crippen LogP contribution in [0.3, 0.4) is 0 Å². The molecule has 0 fully saturated rings. The van der Waals surface area contributed by atoms with Crippen LogP contribution in [0.1, 0.15) is 16.7 Å². The van der Waals surface area contributed by atoms with Gasteiger partial charge in [-0.05, 0) is 29.3 Å². The molecule has 3 rings (SSSR count). The van der Waals surface area contributed by atoms with Crippen molar-refractivity contribution in [2.24, 2.45) is 0 Å². The molecule has 0 heterocycles. The van der Waals surface area contributed by atoms with Crippen molar-refractivity contribution in [3.05, 3.63) is 107 Å². The summed E-state index contributed by atoms with van der Waals surface area (Å²) in [5, 5.41) is 2.64. The number of nitrogens with one attached hydrogen (secondary N) is 1. The van der Waals surface area contributed by atoms with Gasteiger partial charge in [0.15, 0.2) is 0 Å². The molecule has 1 unspecified atom stereocenters. The highest BCUT2D eigenvalue weighted by Gasteiger charge is 2.45. The molecule has 0 aromatic heterocycles. The van der Waals surface area contributed by atoms with Crippen molar-refractivity contribution in [1.29, 1.82) is 0 Å². The van der Waals surface area contributed by atoms with Crippen LogP contribution in [0.5, 0.6) is 0 Å². The summed E-state index contributed by atoms with van der Waals surface area (Å²) >= 11 is 0. The predicted molar refractivity (Wildman–Crippen MR) is 93.2 cm³/mol. The van der Waals surface area contributed by atoms with Crippen molar-refractivity contribution >= 4 is 5.91 Å². The minimum Gasteiger partial charge on any atom is -0.358 e. The van der Waals surface area contributed by atoms with E-state index in [1.165, 1.54) is 37.4 Å². The molecule has 0 aliphatic heterocycles. The van der Waals surface area contributed by atoms with Gasteiger partial charge in [0, 0.05) is 12.6 Å². The van der Waals surface area contributed by atoms with Gasteiger partial charge in [-0.1, -0.05) is 60.7 Å². The first kappa shape index (κ1) is 16.8. The van der Waals surface area contributed by atoms with Crippen LogP contribution in [-0.4, -0.2) is 13.0 Å². The number of hydrogen-bond acceptors (Lipinski definition) is 1. The third-order valence-corrected chi connectivity index (χ3v) is 4.33. The monoisotopic (exact) mass is 337 g/mol. The van der Waals surface area contributed by atoms with Crippen molar-refractivity contribution in [2.75, 3.05) is 7.05 Å². The molecule has 3 aromatic carbocycles. The molecule has 0 saturated heterocycles. The summed E-state index contributed by atoms with van der Waals surface area (Å²) in [6.07, 6.45) is 0. The average molecular weight is 337 g/mol. The van der Waals surface area contributed by atoms with Crippen molar-refractivity contribution in [2.45, 2.75) is 5.41 Å². The van der Waals surface area contributed by atoms with Gasteiger partial charge in [-0.2, -0.15) is 0 Å². The fourth-order valence-corrected chi connectivity index (χ4v) is 3.20. The Bertz CT molecular complexity index is 878. The Morgan fingerprint density at radius 1 is 0.800 bits per heavy atom. The third kappa shape index (κ3) is 2.80. The first-order chi connectivity index (χ1) is 12.1. The van der Waals surface area contributed by atoms with Crippen LogP contribution in [-0.2, 0) is 10.2 Å². The van der Waals surface area contributed by atoms with E-state index in [2.05, 4.69) is 5.32 Å². The summed E-state index contributed by atoms with van der Waals surface area (Å²) in [7, 11) is 1.50. The molecule has 1 atom stereocenters. The standard InChI is InChI=1S/C21H17F2NO/c1-24-20(25)21(15-7-3-2-4-8-15,16-11-13-17(22)14-12-16)18-9-5-6-10-19(18)23/h2-14H,1H3,(H,24,25). The number of carbonyl (C=O) groups excluding carboxylic acids is 1. The fourth-order valence-electron chi connectivity index (χ4n) is 3.20.